The molecule has 0 aliphatic rings. The first-order chi connectivity index (χ1) is 15.6. The monoisotopic (exact) mass is 515 g/mol. The standard InChI is InChI=1S/C15H8ClF3O3.C8H9NO2.ClH/c16-11-5-4-10(8-20)13(7-11)14(21)9-2-1-3-12(6-9)22-15(17,18)19;1-11-8(10)6-4-2-3-5-7(6)9;/h1-8H;2-5H,9H2,1H3;1H. The number of alkyl halides is 3. The molecule has 2 N–H and O–H groups in total. The molecule has 0 aromatic heterocycles. The maximum absolute atomic E-state index is 12.3. The fraction of sp³-hybridized carbons (Fsp3) is 0.0870. The van der Waals surface area contributed by atoms with Crippen molar-refractivity contribution in [2.24, 2.45) is 0 Å². The zero-order chi connectivity index (χ0) is 24.6. The number of carbonyl (C=O) groups excluding carboxylic acids is 3. The van der Waals surface area contributed by atoms with Crippen molar-refractivity contribution in [3.8, 4) is 5.75 Å². The molecule has 0 bridgehead atoms. The Morgan fingerprint density at radius 3 is 2.24 bits per heavy atom. The molecule has 0 fully saturated rings. The number of benzene rings is 3. The first-order valence-electron chi connectivity index (χ1n) is 9.13. The molecule has 3 rings (SSSR count). The van der Waals surface area contributed by atoms with Crippen molar-refractivity contribution in [2.75, 3.05) is 12.8 Å². The maximum atomic E-state index is 12.3. The van der Waals surface area contributed by atoms with Crippen LogP contribution in [0, 0.1) is 0 Å². The number of aldehydes is 1. The van der Waals surface area contributed by atoms with Gasteiger partial charge in [0.05, 0.1) is 12.7 Å². The van der Waals surface area contributed by atoms with Crippen LogP contribution in [0.15, 0.2) is 66.7 Å². The number of nitrogen functional groups attached to an aromatic ring is 1. The van der Waals surface area contributed by atoms with Crippen LogP contribution >= 0.6 is 24.0 Å². The summed E-state index contributed by atoms with van der Waals surface area (Å²) >= 11 is 5.78. The highest BCUT2D eigenvalue weighted by molar-refractivity contribution is 6.31. The lowest BCUT2D eigenvalue weighted by Gasteiger charge is -2.10. The van der Waals surface area contributed by atoms with Crippen LogP contribution in [-0.4, -0.2) is 31.5 Å². The molecular weight excluding hydrogens is 498 g/mol. The summed E-state index contributed by atoms with van der Waals surface area (Å²) in [6.45, 7) is 0. The summed E-state index contributed by atoms with van der Waals surface area (Å²) in [7, 11) is 1.33. The van der Waals surface area contributed by atoms with Crippen molar-refractivity contribution in [2.45, 2.75) is 6.36 Å². The number of methoxy groups -OCH3 is 1. The largest absolute Gasteiger partial charge is 0.573 e. The molecule has 0 spiro atoms. The van der Waals surface area contributed by atoms with E-state index in [9.17, 15) is 27.6 Å². The molecule has 6 nitrogen and oxygen atoms in total. The Balaban J connectivity index is 0.000000407. The minimum absolute atomic E-state index is 0. The predicted octanol–water partition coefficient (Wildman–Crippen LogP) is 5.76. The van der Waals surface area contributed by atoms with Gasteiger partial charge in [0.25, 0.3) is 0 Å². The van der Waals surface area contributed by atoms with Gasteiger partial charge in [-0.05, 0) is 42.5 Å². The first kappa shape index (κ1) is 28.5. The van der Waals surface area contributed by atoms with Crippen LogP contribution in [0.1, 0.15) is 36.6 Å². The van der Waals surface area contributed by atoms with Crippen molar-refractivity contribution >= 4 is 47.7 Å². The van der Waals surface area contributed by atoms with Crippen LogP contribution in [0.2, 0.25) is 5.02 Å². The Morgan fingerprint density at radius 2 is 1.65 bits per heavy atom. The molecule has 0 aliphatic heterocycles. The lowest BCUT2D eigenvalue weighted by atomic mass is 9.99. The fourth-order valence-electron chi connectivity index (χ4n) is 2.61. The van der Waals surface area contributed by atoms with E-state index in [0.717, 1.165) is 12.1 Å². The number of nitrogens with two attached hydrogens (primary N) is 1. The Kier molecular flexibility index (Phi) is 10.6. The third kappa shape index (κ3) is 8.09. The van der Waals surface area contributed by atoms with E-state index in [1.54, 1.807) is 24.3 Å². The number of para-hydroxylation sites is 1. The van der Waals surface area contributed by atoms with Crippen molar-refractivity contribution in [3.63, 3.8) is 0 Å². The number of hydrogen-bond acceptors (Lipinski definition) is 6. The van der Waals surface area contributed by atoms with Crippen molar-refractivity contribution in [1.29, 1.82) is 0 Å². The highest BCUT2D eigenvalue weighted by Crippen LogP contribution is 2.25. The molecule has 0 aliphatic carbocycles. The minimum Gasteiger partial charge on any atom is -0.465 e. The zero-order valence-electron chi connectivity index (χ0n) is 17.5. The predicted molar refractivity (Wildman–Crippen MR) is 123 cm³/mol. The number of anilines is 1. The normalized spacial score (nSPS) is 10.1. The van der Waals surface area contributed by atoms with E-state index in [1.807, 2.05) is 0 Å². The van der Waals surface area contributed by atoms with Crippen LogP contribution in [0.5, 0.6) is 5.75 Å². The number of hydrogen-bond donors (Lipinski definition) is 1. The summed E-state index contributed by atoms with van der Waals surface area (Å²) in [5.74, 6) is -1.55. The number of halogens is 5. The van der Waals surface area contributed by atoms with Crippen molar-refractivity contribution < 1.29 is 37.0 Å². The maximum Gasteiger partial charge on any atom is 0.573 e. The fourth-order valence-corrected chi connectivity index (χ4v) is 2.78. The third-order valence-corrected chi connectivity index (χ3v) is 4.32. The van der Waals surface area contributed by atoms with Crippen LogP contribution in [-0.2, 0) is 4.74 Å². The SMILES string of the molecule is COC(=O)c1ccccc1N.Cl.O=Cc1ccc(Cl)cc1C(=O)c1cccc(OC(F)(F)F)c1. The summed E-state index contributed by atoms with van der Waals surface area (Å²) in [6, 6.07) is 15.5. The highest BCUT2D eigenvalue weighted by atomic mass is 35.5. The summed E-state index contributed by atoms with van der Waals surface area (Å²) in [6.07, 6.45) is -4.38. The third-order valence-electron chi connectivity index (χ3n) is 4.08. The van der Waals surface area contributed by atoms with E-state index in [-0.39, 0.29) is 34.1 Å². The zero-order valence-corrected chi connectivity index (χ0v) is 19.0. The van der Waals surface area contributed by atoms with E-state index in [4.69, 9.17) is 17.3 Å². The number of esters is 1. The molecular formula is C23H18Cl2F3NO5. The van der Waals surface area contributed by atoms with Gasteiger partial charge in [-0.15, -0.1) is 25.6 Å². The molecule has 0 heterocycles. The van der Waals surface area contributed by atoms with Gasteiger partial charge in [0, 0.05) is 27.4 Å². The second kappa shape index (κ2) is 12.6. The van der Waals surface area contributed by atoms with Crippen LogP contribution < -0.4 is 10.5 Å². The molecule has 0 amide bonds. The minimum atomic E-state index is -4.86. The van der Waals surface area contributed by atoms with Gasteiger partial charge in [-0.25, -0.2) is 4.79 Å². The topological polar surface area (TPSA) is 95.7 Å². The van der Waals surface area contributed by atoms with Gasteiger partial charge in [0.2, 0.25) is 0 Å². The Labute approximate surface area is 203 Å². The van der Waals surface area contributed by atoms with E-state index in [2.05, 4.69) is 9.47 Å². The van der Waals surface area contributed by atoms with Crippen molar-refractivity contribution in [3.05, 3.63) is 94.0 Å². The van der Waals surface area contributed by atoms with Gasteiger partial charge >= 0.3 is 12.3 Å². The Bertz CT molecular complexity index is 1170. The van der Waals surface area contributed by atoms with Crippen LogP contribution in [0.25, 0.3) is 0 Å². The van der Waals surface area contributed by atoms with Gasteiger partial charge in [0.15, 0.2) is 12.1 Å². The van der Waals surface area contributed by atoms with E-state index in [1.165, 1.54) is 37.4 Å². The second-order valence-electron chi connectivity index (χ2n) is 6.33. The average molecular weight is 516 g/mol. The Hall–Kier alpha value is -3.56. The molecule has 0 saturated carbocycles. The molecule has 3 aromatic rings. The number of ether oxygens (including phenoxy) is 2. The summed E-state index contributed by atoms with van der Waals surface area (Å²) in [5, 5.41) is 0.233. The van der Waals surface area contributed by atoms with Gasteiger partial charge in [-0.2, -0.15) is 0 Å². The Morgan fingerprint density at radius 1 is 0.971 bits per heavy atom. The molecule has 0 unspecified atom stereocenters. The van der Waals surface area contributed by atoms with E-state index in [0.29, 0.717) is 17.5 Å². The lowest BCUT2D eigenvalue weighted by molar-refractivity contribution is -0.274. The molecule has 34 heavy (non-hydrogen) atoms. The molecule has 180 valence electrons. The van der Waals surface area contributed by atoms with Crippen LogP contribution in [0.4, 0.5) is 18.9 Å². The smallest absolute Gasteiger partial charge is 0.465 e. The number of rotatable bonds is 5. The quantitative estimate of drug-likeness (QED) is 0.201. The molecule has 0 atom stereocenters. The molecule has 0 radical (unpaired) electrons. The van der Waals surface area contributed by atoms with Crippen LogP contribution in [0.3, 0.4) is 0 Å². The summed E-state index contributed by atoms with van der Waals surface area (Å²) in [4.78, 5) is 34.2. The number of ketones is 1. The first-order valence-corrected chi connectivity index (χ1v) is 9.51. The van der Waals surface area contributed by atoms with Crippen molar-refractivity contribution in [1.82, 2.24) is 0 Å². The van der Waals surface area contributed by atoms with Gasteiger partial charge in [0.1, 0.15) is 5.75 Å². The molecule has 0 saturated heterocycles. The summed E-state index contributed by atoms with van der Waals surface area (Å²) in [5.41, 5.74) is 6.40. The van der Waals surface area contributed by atoms with E-state index < -0.39 is 23.9 Å². The average Bonchev–Trinajstić information content (AvgIpc) is 2.78. The highest BCUT2D eigenvalue weighted by Gasteiger charge is 2.31. The lowest BCUT2D eigenvalue weighted by Crippen LogP contribution is -2.17. The number of carbonyl (C=O) groups is 3. The molecule has 11 heteroatoms. The van der Waals surface area contributed by atoms with E-state index >= 15 is 0 Å². The second-order valence-corrected chi connectivity index (χ2v) is 6.77. The van der Waals surface area contributed by atoms with Gasteiger partial charge in [-0.3, -0.25) is 9.59 Å². The molecule has 3 aromatic carbocycles. The van der Waals surface area contributed by atoms with Gasteiger partial charge < -0.3 is 15.2 Å². The van der Waals surface area contributed by atoms with Gasteiger partial charge in [-0.1, -0.05) is 35.9 Å². The summed E-state index contributed by atoms with van der Waals surface area (Å²) < 4.78 is 44.9.